The average Bonchev–Trinajstić information content (AvgIpc) is 3.01. The first-order valence-electron chi connectivity index (χ1n) is 7.01. The first-order valence-corrected chi connectivity index (χ1v) is 7.01. The van der Waals surface area contributed by atoms with Crippen LogP contribution in [0.1, 0.15) is 36.6 Å². The fourth-order valence-electron chi connectivity index (χ4n) is 1.63. The largest absolute Gasteiger partial charge is 0.487 e. The molecule has 0 aliphatic carbocycles. The molecule has 6 heteroatoms. The Kier molecular flexibility index (Phi) is 5.41. The molecule has 0 spiro atoms. The molecule has 2 aromatic rings. The molecule has 22 heavy (non-hydrogen) atoms. The molecule has 0 saturated heterocycles. The first-order chi connectivity index (χ1) is 10.6. The van der Waals surface area contributed by atoms with E-state index in [1.807, 2.05) is 0 Å². The predicted octanol–water partition coefficient (Wildman–Crippen LogP) is 3.01. The van der Waals surface area contributed by atoms with Crippen molar-refractivity contribution in [3.05, 3.63) is 52.5 Å². The molecule has 0 amide bonds. The third-order valence-electron chi connectivity index (χ3n) is 2.87. The second kappa shape index (κ2) is 7.49. The molecule has 2 aromatic heterocycles. The van der Waals surface area contributed by atoms with E-state index in [4.69, 9.17) is 18.3 Å². The third kappa shape index (κ3) is 4.51. The van der Waals surface area contributed by atoms with Gasteiger partial charge in [0.15, 0.2) is 0 Å². The molecule has 0 aliphatic rings. The van der Waals surface area contributed by atoms with Gasteiger partial charge in [0.05, 0.1) is 12.9 Å². The van der Waals surface area contributed by atoms with Crippen LogP contribution in [0.25, 0.3) is 0 Å². The van der Waals surface area contributed by atoms with Gasteiger partial charge in [-0.05, 0) is 24.5 Å². The molecule has 0 atom stereocenters. The van der Waals surface area contributed by atoms with E-state index in [0.29, 0.717) is 12.5 Å². The van der Waals surface area contributed by atoms with Gasteiger partial charge < -0.3 is 18.3 Å². The summed E-state index contributed by atoms with van der Waals surface area (Å²) in [5.74, 6) is 0.357. The number of hydrogen-bond donors (Lipinski definition) is 0. The molecule has 118 valence electrons. The number of carbonyl (C=O) groups excluding carboxylic acids is 1. The number of ether oxygens (including phenoxy) is 2. The number of esters is 1. The molecule has 0 bridgehead atoms. The monoisotopic (exact) mass is 306 g/mol. The summed E-state index contributed by atoms with van der Waals surface area (Å²) in [6.45, 7) is 4.45. The van der Waals surface area contributed by atoms with Crippen molar-refractivity contribution in [1.82, 2.24) is 0 Å². The second-order valence-electron chi connectivity index (χ2n) is 5.16. The number of carbonyl (C=O) groups is 1. The van der Waals surface area contributed by atoms with Crippen molar-refractivity contribution in [3.63, 3.8) is 0 Å². The maximum absolute atomic E-state index is 11.8. The Morgan fingerprint density at radius 1 is 1.32 bits per heavy atom. The summed E-state index contributed by atoms with van der Waals surface area (Å²) in [4.78, 5) is 23.4. The summed E-state index contributed by atoms with van der Waals surface area (Å²) in [5.41, 5.74) is -0.306. The summed E-state index contributed by atoms with van der Waals surface area (Å²) in [6.07, 6.45) is 3.46. The Balaban J connectivity index is 1.89. The van der Waals surface area contributed by atoms with Gasteiger partial charge in [-0.25, -0.2) is 4.79 Å². The van der Waals surface area contributed by atoms with E-state index in [1.54, 1.807) is 6.07 Å². The van der Waals surface area contributed by atoms with Gasteiger partial charge >= 0.3 is 5.97 Å². The van der Waals surface area contributed by atoms with E-state index in [1.165, 1.54) is 24.7 Å². The highest BCUT2D eigenvalue weighted by atomic mass is 16.6. The van der Waals surface area contributed by atoms with E-state index < -0.39 is 5.97 Å². The van der Waals surface area contributed by atoms with Gasteiger partial charge in [0, 0.05) is 6.07 Å². The highest BCUT2D eigenvalue weighted by molar-refractivity contribution is 5.86. The van der Waals surface area contributed by atoms with Gasteiger partial charge in [0.1, 0.15) is 18.6 Å². The van der Waals surface area contributed by atoms with Gasteiger partial charge in [-0.15, -0.1) is 0 Å². The molecule has 0 N–H and O–H groups in total. The maximum atomic E-state index is 11.8. The van der Waals surface area contributed by atoms with Crippen LogP contribution in [0.4, 0.5) is 0 Å². The smallest absolute Gasteiger partial charge is 0.374 e. The zero-order valence-corrected chi connectivity index (χ0v) is 12.5. The Labute approximate surface area is 127 Å². The first kappa shape index (κ1) is 15.9. The van der Waals surface area contributed by atoms with Crippen molar-refractivity contribution in [2.45, 2.75) is 26.9 Å². The zero-order valence-electron chi connectivity index (χ0n) is 12.5. The van der Waals surface area contributed by atoms with Crippen molar-refractivity contribution >= 4 is 5.97 Å². The Morgan fingerprint density at radius 2 is 2.14 bits per heavy atom. The van der Waals surface area contributed by atoms with Gasteiger partial charge in [0.2, 0.25) is 16.9 Å². The minimum atomic E-state index is -0.620. The topological polar surface area (TPSA) is 78.9 Å². The van der Waals surface area contributed by atoms with Crippen LogP contribution in [0.15, 0.2) is 44.4 Å². The van der Waals surface area contributed by atoms with E-state index in [9.17, 15) is 9.59 Å². The number of hydrogen-bond acceptors (Lipinski definition) is 6. The van der Waals surface area contributed by atoms with Gasteiger partial charge in [-0.3, -0.25) is 4.79 Å². The number of rotatable bonds is 7. The lowest BCUT2D eigenvalue weighted by Crippen LogP contribution is -2.11. The van der Waals surface area contributed by atoms with Crippen molar-refractivity contribution < 1.29 is 23.1 Å². The van der Waals surface area contributed by atoms with Gasteiger partial charge in [-0.1, -0.05) is 13.8 Å². The van der Waals surface area contributed by atoms with Crippen LogP contribution in [-0.2, 0) is 11.3 Å². The minimum absolute atomic E-state index is 0.0935. The summed E-state index contributed by atoms with van der Waals surface area (Å²) >= 11 is 0. The summed E-state index contributed by atoms with van der Waals surface area (Å²) in [7, 11) is 0. The molecule has 0 aliphatic heterocycles. The quantitative estimate of drug-likeness (QED) is 0.732. The van der Waals surface area contributed by atoms with Gasteiger partial charge in [0.25, 0.3) is 0 Å². The Bertz CT molecular complexity index is 654. The molecule has 0 radical (unpaired) electrons. The standard InChI is InChI=1S/C16H18O6/c1-11(2)5-7-20-15-10-21-12(8-13(15)17)9-22-16(18)14-4-3-6-19-14/h3-4,6,8,10-11H,5,7,9H2,1-2H3. The lowest BCUT2D eigenvalue weighted by molar-refractivity contribution is 0.0406. The molecule has 2 heterocycles. The van der Waals surface area contributed by atoms with Crippen molar-refractivity contribution in [2.75, 3.05) is 6.61 Å². The third-order valence-corrected chi connectivity index (χ3v) is 2.87. The normalized spacial score (nSPS) is 10.7. The molecule has 0 fully saturated rings. The Morgan fingerprint density at radius 3 is 2.77 bits per heavy atom. The fraction of sp³-hybridized carbons (Fsp3) is 0.375. The van der Waals surface area contributed by atoms with E-state index >= 15 is 0 Å². The maximum Gasteiger partial charge on any atom is 0.374 e. The molecule has 0 aromatic carbocycles. The Hall–Kier alpha value is -2.50. The second-order valence-corrected chi connectivity index (χ2v) is 5.16. The fourth-order valence-corrected chi connectivity index (χ4v) is 1.63. The van der Waals surface area contributed by atoms with Crippen LogP contribution >= 0.6 is 0 Å². The highest BCUT2D eigenvalue weighted by Crippen LogP contribution is 2.10. The van der Waals surface area contributed by atoms with Crippen LogP contribution in [-0.4, -0.2) is 12.6 Å². The van der Waals surface area contributed by atoms with Crippen LogP contribution in [0, 0.1) is 5.92 Å². The van der Waals surface area contributed by atoms with Crippen molar-refractivity contribution in [2.24, 2.45) is 5.92 Å². The molecule has 0 saturated carbocycles. The summed E-state index contributed by atoms with van der Waals surface area (Å²) in [5, 5.41) is 0. The zero-order chi connectivity index (χ0) is 15.9. The van der Waals surface area contributed by atoms with Gasteiger partial charge in [-0.2, -0.15) is 0 Å². The average molecular weight is 306 g/mol. The van der Waals surface area contributed by atoms with E-state index in [2.05, 4.69) is 13.8 Å². The van der Waals surface area contributed by atoms with E-state index in [-0.39, 0.29) is 29.3 Å². The SMILES string of the molecule is CC(C)CCOc1coc(COC(=O)c2ccco2)cc1=O. The van der Waals surface area contributed by atoms with Crippen LogP contribution in [0.3, 0.4) is 0 Å². The van der Waals surface area contributed by atoms with E-state index in [0.717, 1.165) is 6.42 Å². The molecule has 0 unspecified atom stereocenters. The minimum Gasteiger partial charge on any atom is -0.487 e. The lowest BCUT2D eigenvalue weighted by Gasteiger charge is -2.07. The van der Waals surface area contributed by atoms with Crippen LogP contribution in [0.5, 0.6) is 5.75 Å². The molecular weight excluding hydrogens is 288 g/mol. The summed E-state index contributed by atoms with van der Waals surface area (Å²) < 4.78 is 20.5. The lowest BCUT2D eigenvalue weighted by atomic mass is 10.1. The number of furan rings is 1. The highest BCUT2D eigenvalue weighted by Gasteiger charge is 2.12. The predicted molar refractivity (Wildman–Crippen MR) is 77.8 cm³/mol. The molecule has 6 nitrogen and oxygen atoms in total. The van der Waals surface area contributed by atoms with Crippen LogP contribution < -0.4 is 10.2 Å². The van der Waals surface area contributed by atoms with Crippen molar-refractivity contribution in [1.29, 1.82) is 0 Å². The molecular formula is C16H18O6. The van der Waals surface area contributed by atoms with Crippen LogP contribution in [0.2, 0.25) is 0 Å². The molecule has 2 rings (SSSR count). The van der Waals surface area contributed by atoms with Crippen molar-refractivity contribution in [3.8, 4) is 5.75 Å². The summed E-state index contributed by atoms with van der Waals surface area (Å²) in [6, 6.07) is 4.32.